The van der Waals surface area contributed by atoms with Crippen LogP contribution in [0.1, 0.15) is 21.5 Å². The van der Waals surface area contributed by atoms with Gasteiger partial charge < -0.3 is 11.1 Å². The second-order valence-corrected chi connectivity index (χ2v) is 5.73. The molecule has 0 aromatic heterocycles. The first-order chi connectivity index (χ1) is 11.7. The van der Waals surface area contributed by atoms with E-state index >= 15 is 0 Å². The van der Waals surface area contributed by atoms with Crippen molar-refractivity contribution in [2.45, 2.75) is 18.6 Å². The van der Waals surface area contributed by atoms with Crippen molar-refractivity contribution >= 4 is 23.4 Å². The van der Waals surface area contributed by atoms with Crippen LogP contribution in [0.3, 0.4) is 0 Å². The molecule has 1 atom stereocenters. The lowest BCUT2D eigenvalue weighted by atomic mass is 9.99. The standard InChI is InChI=1S/C17H14ClF3N2O2/c18-12-7-5-10(6-8-12)16(25)23-14(15(22)24)9-11-3-1-2-4-13(11)17(19,20)21/h1-8,14H,9H2,(H2,22,24)(H,23,25)/t14-/m1/s1. The third-order valence-corrected chi connectivity index (χ3v) is 3.75. The highest BCUT2D eigenvalue weighted by atomic mass is 35.5. The highest BCUT2D eigenvalue weighted by Gasteiger charge is 2.34. The molecule has 2 amide bonds. The van der Waals surface area contributed by atoms with Gasteiger partial charge in [0.25, 0.3) is 5.91 Å². The minimum atomic E-state index is -4.57. The maximum Gasteiger partial charge on any atom is 0.416 e. The van der Waals surface area contributed by atoms with Crippen LogP contribution in [0, 0.1) is 0 Å². The van der Waals surface area contributed by atoms with E-state index in [0.717, 1.165) is 6.07 Å². The molecule has 132 valence electrons. The van der Waals surface area contributed by atoms with Crippen molar-refractivity contribution < 1.29 is 22.8 Å². The number of nitrogens with one attached hydrogen (secondary N) is 1. The molecule has 0 heterocycles. The van der Waals surface area contributed by atoms with Crippen LogP contribution in [0.4, 0.5) is 13.2 Å². The quantitative estimate of drug-likeness (QED) is 0.848. The number of rotatable bonds is 5. The van der Waals surface area contributed by atoms with Crippen molar-refractivity contribution in [3.05, 3.63) is 70.2 Å². The molecule has 0 unspecified atom stereocenters. The van der Waals surface area contributed by atoms with Gasteiger partial charge in [0, 0.05) is 17.0 Å². The van der Waals surface area contributed by atoms with Gasteiger partial charge in [0.05, 0.1) is 5.56 Å². The molecule has 0 aliphatic rings. The summed E-state index contributed by atoms with van der Waals surface area (Å²) in [5.74, 6) is -1.57. The van der Waals surface area contributed by atoms with E-state index in [0.29, 0.717) is 5.02 Å². The maximum absolute atomic E-state index is 13.0. The molecule has 0 spiro atoms. The van der Waals surface area contributed by atoms with E-state index < -0.39 is 29.6 Å². The Labute approximate surface area is 146 Å². The average Bonchev–Trinajstić information content (AvgIpc) is 2.54. The molecule has 4 nitrogen and oxygen atoms in total. The van der Waals surface area contributed by atoms with Gasteiger partial charge in [-0.05, 0) is 35.9 Å². The number of amides is 2. The fourth-order valence-corrected chi connectivity index (χ4v) is 2.39. The lowest BCUT2D eigenvalue weighted by Gasteiger charge is -2.18. The lowest BCUT2D eigenvalue weighted by Crippen LogP contribution is -2.46. The number of nitrogens with two attached hydrogens (primary N) is 1. The maximum atomic E-state index is 13.0. The topological polar surface area (TPSA) is 72.2 Å². The zero-order valence-electron chi connectivity index (χ0n) is 12.8. The molecule has 0 aliphatic heterocycles. The van der Waals surface area contributed by atoms with Gasteiger partial charge in [-0.3, -0.25) is 9.59 Å². The van der Waals surface area contributed by atoms with Gasteiger partial charge in [0.2, 0.25) is 5.91 Å². The van der Waals surface area contributed by atoms with Crippen LogP contribution in [0.15, 0.2) is 48.5 Å². The normalized spacial score (nSPS) is 12.5. The Kier molecular flexibility index (Phi) is 5.69. The number of alkyl halides is 3. The summed E-state index contributed by atoms with van der Waals surface area (Å²) >= 11 is 5.73. The van der Waals surface area contributed by atoms with Gasteiger partial charge in [-0.1, -0.05) is 29.8 Å². The van der Waals surface area contributed by atoms with E-state index in [2.05, 4.69) is 5.32 Å². The van der Waals surface area contributed by atoms with E-state index in [1.54, 1.807) is 0 Å². The molecule has 0 aliphatic carbocycles. The minimum absolute atomic E-state index is 0.129. The number of hydrogen-bond acceptors (Lipinski definition) is 2. The van der Waals surface area contributed by atoms with Gasteiger partial charge in [-0.25, -0.2) is 0 Å². The SMILES string of the molecule is NC(=O)[C@@H](Cc1ccccc1C(F)(F)F)NC(=O)c1ccc(Cl)cc1. The molecule has 8 heteroatoms. The molecule has 0 saturated heterocycles. The Bertz CT molecular complexity index is 776. The number of primary amides is 1. The van der Waals surface area contributed by atoms with Crippen LogP contribution in [0.2, 0.25) is 5.02 Å². The number of benzene rings is 2. The second-order valence-electron chi connectivity index (χ2n) is 5.29. The summed E-state index contributed by atoms with van der Waals surface area (Å²) in [6.07, 6.45) is -4.94. The minimum Gasteiger partial charge on any atom is -0.368 e. The Morgan fingerprint density at radius 3 is 2.24 bits per heavy atom. The van der Waals surface area contributed by atoms with Gasteiger partial charge in [0.1, 0.15) is 6.04 Å². The van der Waals surface area contributed by atoms with Crippen LogP contribution in [0.5, 0.6) is 0 Å². The fraction of sp³-hybridized carbons (Fsp3) is 0.176. The monoisotopic (exact) mass is 370 g/mol. The molecule has 2 aromatic rings. The molecular formula is C17H14ClF3N2O2. The highest BCUT2D eigenvalue weighted by molar-refractivity contribution is 6.30. The molecule has 0 radical (unpaired) electrons. The smallest absolute Gasteiger partial charge is 0.368 e. The van der Waals surface area contributed by atoms with Crippen LogP contribution in [-0.2, 0) is 17.4 Å². The van der Waals surface area contributed by atoms with Crippen LogP contribution >= 0.6 is 11.6 Å². The van der Waals surface area contributed by atoms with Gasteiger partial charge in [-0.2, -0.15) is 13.2 Å². The number of hydrogen-bond donors (Lipinski definition) is 2. The lowest BCUT2D eigenvalue weighted by molar-refractivity contribution is -0.138. The van der Waals surface area contributed by atoms with Crippen molar-refractivity contribution in [2.75, 3.05) is 0 Å². The summed E-state index contributed by atoms with van der Waals surface area (Å²) in [6, 6.07) is 9.36. The fourth-order valence-electron chi connectivity index (χ4n) is 2.26. The van der Waals surface area contributed by atoms with E-state index in [1.807, 2.05) is 0 Å². The summed E-state index contributed by atoms with van der Waals surface area (Å²) in [6.45, 7) is 0. The first-order valence-electron chi connectivity index (χ1n) is 7.19. The third kappa shape index (κ3) is 4.96. The van der Waals surface area contributed by atoms with E-state index in [4.69, 9.17) is 17.3 Å². The molecule has 0 saturated carbocycles. The van der Waals surface area contributed by atoms with Gasteiger partial charge in [0.15, 0.2) is 0 Å². The van der Waals surface area contributed by atoms with Crippen molar-refractivity contribution in [1.82, 2.24) is 5.32 Å². The summed E-state index contributed by atoms with van der Waals surface area (Å²) < 4.78 is 39.1. The molecule has 25 heavy (non-hydrogen) atoms. The molecule has 3 N–H and O–H groups in total. The predicted octanol–water partition coefficient (Wildman–Crippen LogP) is 3.19. The predicted molar refractivity (Wildman–Crippen MR) is 87.0 cm³/mol. The van der Waals surface area contributed by atoms with Crippen molar-refractivity contribution in [3.63, 3.8) is 0 Å². The molecular weight excluding hydrogens is 357 g/mol. The summed E-state index contributed by atoms with van der Waals surface area (Å²) in [5.41, 5.74) is 4.44. The Hall–Kier alpha value is -2.54. The summed E-state index contributed by atoms with van der Waals surface area (Å²) in [7, 11) is 0. The average molecular weight is 371 g/mol. The number of halogens is 4. The zero-order chi connectivity index (χ0) is 18.6. The third-order valence-electron chi connectivity index (χ3n) is 3.50. The molecule has 0 fully saturated rings. The number of carbonyl (C=O) groups excluding carboxylic acids is 2. The Balaban J connectivity index is 2.21. The van der Waals surface area contributed by atoms with E-state index in [-0.39, 0.29) is 17.5 Å². The second kappa shape index (κ2) is 7.57. The molecule has 2 aromatic carbocycles. The summed E-state index contributed by atoms with van der Waals surface area (Å²) in [5, 5.41) is 2.77. The van der Waals surface area contributed by atoms with Crippen molar-refractivity contribution in [2.24, 2.45) is 5.73 Å². The Morgan fingerprint density at radius 2 is 1.68 bits per heavy atom. The van der Waals surface area contributed by atoms with Gasteiger partial charge in [-0.15, -0.1) is 0 Å². The van der Waals surface area contributed by atoms with E-state index in [1.165, 1.54) is 42.5 Å². The Morgan fingerprint density at radius 1 is 1.08 bits per heavy atom. The van der Waals surface area contributed by atoms with Crippen LogP contribution in [-0.4, -0.2) is 17.9 Å². The van der Waals surface area contributed by atoms with E-state index in [9.17, 15) is 22.8 Å². The summed E-state index contributed by atoms with van der Waals surface area (Å²) in [4.78, 5) is 23.7. The molecule has 2 rings (SSSR count). The highest BCUT2D eigenvalue weighted by Crippen LogP contribution is 2.32. The zero-order valence-corrected chi connectivity index (χ0v) is 13.6. The first kappa shape index (κ1) is 18.8. The van der Waals surface area contributed by atoms with Crippen molar-refractivity contribution in [3.8, 4) is 0 Å². The molecule has 0 bridgehead atoms. The number of carbonyl (C=O) groups is 2. The van der Waals surface area contributed by atoms with Crippen LogP contribution in [0.25, 0.3) is 0 Å². The van der Waals surface area contributed by atoms with Crippen molar-refractivity contribution in [1.29, 1.82) is 0 Å². The van der Waals surface area contributed by atoms with Gasteiger partial charge >= 0.3 is 6.18 Å². The first-order valence-corrected chi connectivity index (χ1v) is 7.57. The van der Waals surface area contributed by atoms with Crippen LogP contribution < -0.4 is 11.1 Å². The largest absolute Gasteiger partial charge is 0.416 e.